The molecule has 0 unspecified atom stereocenters. The van der Waals surface area contributed by atoms with E-state index >= 15 is 0 Å². The van der Waals surface area contributed by atoms with Crippen molar-refractivity contribution in [3.8, 4) is 17.4 Å². The Hall–Kier alpha value is -3.13. The van der Waals surface area contributed by atoms with E-state index in [1.54, 1.807) is 29.3 Å². The van der Waals surface area contributed by atoms with Crippen LogP contribution in [0.1, 0.15) is 43.5 Å². The van der Waals surface area contributed by atoms with Crippen molar-refractivity contribution >= 4 is 11.8 Å². The topological polar surface area (TPSA) is 75.2 Å². The summed E-state index contributed by atoms with van der Waals surface area (Å²) in [6, 6.07) is 11.3. The van der Waals surface area contributed by atoms with Crippen molar-refractivity contribution in [3.63, 3.8) is 0 Å². The number of aromatic nitrogens is 1. The molecule has 1 aromatic heterocycles. The van der Waals surface area contributed by atoms with E-state index in [4.69, 9.17) is 9.47 Å². The normalized spacial score (nSPS) is 18.0. The third-order valence-electron chi connectivity index (χ3n) is 6.40. The lowest BCUT2D eigenvalue weighted by Crippen LogP contribution is -2.53. The second kappa shape index (κ2) is 11.3. The Morgan fingerprint density at radius 3 is 2.50 bits per heavy atom. The van der Waals surface area contributed by atoms with E-state index in [0.717, 1.165) is 32.4 Å². The van der Waals surface area contributed by atoms with Crippen LogP contribution in [0.3, 0.4) is 0 Å². The van der Waals surface area contributed by atoms with Gasteiger partial charge in [-0.05, 0) is 57.4 Å². The van der Waals surface area contributed by atoms with Gasteiger partial charge < -0.3 is 19.3 Å². The molecule has 0 atom stereocenters. The summed E-state index contributed by atoms with van der Waals surface area (Å²) >= 11 is 0. The van der Waals surface area contributed by atoms with Gasteiger partial charge in [-0.3, -0.25) is 14.5 Å². The van der Waals surface area contributed by atoms with Crippen LogP contribution in [0.25, 0.3) is 0 Å². The summed E-state index contributed by atoms with van der Waals surface area (Å²) in [5, 5.41) is 0. The van der Waals surface area contributed by atoms with Crippen molar-refractivity contribution in [2.24, 2.45) is 0 Å². The zero-order chi connectivity index (χ0) is 23.9. The van der Waals surface area contributed by atoms with E-state index in [2.05, 4.69) is 23.7 Å². The van der Waals surface area contributed by atoms with Crippen LogP contribution in [-0.4, -0.2) is 83.4 Å². The molecule has 0 bridgehead atoms. The predicted molar refractivity (Wildman–Crippen MR) is 129 cm³/mol. The summed E-state index contributed by atoms with van der Waals surface area (Å²) in [6.45, 7) is 8.55. The van der Waals surface area contributed by atoms with Crippen molar-refractivity contribution in [2.75, 3.05) is 45.9 Å². The zero-order valence-electron chi connectivity index (χ0n) is 20.1. The number of nitrogens with zero attached hydrogens (tertiary/aromatic N) is 4. The highest BCUT2D eigenvalue weighted by atomic mass is 16.5. The molecule has 2 aliphatic rings. The van der Waals surface area contributed by atoms with Crippen LogP contribution in [0.4, 0.5) is 0 Å². The fourth-order valence-corrected chi connectivity index (χ4v) is 4.33. The van der Waals surface area contributed by atoms with E-state index in [1.807, 2.05) is 23.1 Å². The SMILES string of the molecule is CC(C)N1CCN(C(=O)CN2CCCCCOc3ccccc3Oc3ncccc3C2=O)CC1. The molecule has 0 spiro atoms. The molecule has 0 saturated carbocycles. The first-order chi connectivity index (χ1) is 16.5. The van der Waals surface area contributed by atoms with E-state index in [1.165, 1.54) is 0 Å². The van der Waals surface area contributed by atoms with Crippen LogP contribution >= 0.6 is 0 Å². The average molecular weight is 467 g/mol. The maximum atomic E-state index is 13.6. The third kappa shape index (κ3) is 5.86. The fraction of sp³-hybridized carbons (Fsp3) is 0.500. The molecular weight excluding hydrogens is 432 g/mol. The van der Waals surface area contributed by atoms with E-state index < -0.39 is 0 Å². The number of benzene rings is 1. The number of carbonyl (C=O) groups is 2. The number of piperazine rings is 1. The molecule has 0 aliphatic carbocycles. The minimum atomic E-state index is -0.241. The molecule has 34 heavy (non-hydrogen) atoms. The molecule has 8 nitrogen and oxygen atoms in total. The van der Waals surface area contributed by atoms with Gasteiger partial charge in [0.2, 0.25) is 11.8 Å². The second-order valence-corrected chi connectivity index (χ2v) is 9.05. The lowest BCUT2D eigenvalue weighted by Gasteiger charge is -2.37. The Labute approximate surface area is 201 Å². The number of para-hydroxylation sites is 2. The Morgan fingerprint density at radius 1 is 0.971 bits per heavy atom. The highest BCUT2D eigenvalue weighted by Gasteiger charge is 2.28. The van der Waals surface area contributed by atoms with Crippen LogP contribution in [0.2, 0.25) is 0 Å². The molecule has 1 saturated heterocycles. The van der Waals surface area contributed by atoms with Gasteiger partial charge in [0.25, 0.3) is 5.91 Å². The number of hydrogen-bond acceptors (Lipinski definition) is 6. The Morgan fingerprint density at radius 2 is 1.74 bits per heavy atom. The summed E-state index contributed by atoms with van der Waals surface area (Å²) in [5.74, 6) is 1.10. The van der Waals surface area contributed by atoms with Gasteiger partial charge in [-0.15, -0.1) is 0 Å². The first kappa shape index (κ1) is 24.0. The van der Waals surface area contributed by atoms with Gasteiger partial charge in [0.15, 0.2) is 11.5 Å². The molecule has 2 aliphatic heterocycles. The van der Waals surface area contributed by atoms with Gasteiger partial charge in [-0.25, -0.2) is 4.98 Å². The zero-order valence-corrected chi connectivity index (χ0v) is 20.1. The molecular formula is C26H34N4O4. The summed E-state index contributed by atoms with van der Waals surface area (Å²) in [6.07, 6.45) is 4.14. The van der Waals surface area contributed by atoms with E-state index in [-0.39, 0.29) is 24.2 Å². The summed E-state index contributed by atoms with van der Waals surface area (Å²) < 4.78 is 12.0. The Balaban J connectivity index is 1.53. The highest BCUT2D eigenvalue weighted by Crippen LogP contribution is 2.32. The molecule has 2 amide bonds. The van der Waals surface area contributed by atoms with Gasteiger partial charge >= 0.3 is 0 Å². The summed E-state index contributed by atoms with van der Waals surface area (Å²) in [4.78, 5) is 37.0. The number of ether oxygens (including phenoxy) is 2. The van der Waals surface area contributed by atoms with Crippen LogP contribution < -0.4 is 9.47 Å². The number of pyridine rings is 1. The standard InChI is InChI=1S/C26H34N4O4/c1-20(2)28-14-16-29(17-15-28)24(31)19-30-13-6-3-7-18-33-22-10-4-5-11-23(22)34-25-21(26(30)32)9-8-12-27-25/h4-5,8-12,20H,3,6-7,13-19H2,1-2H3. The van der Waals surface area contributed by atoms with Gasteiger partial charge in [-0.1, -0.05) is 12.1 Å². The summed E-state index contributed by atoms with van der Waals surface area (Å²) in [5.41, 5.74) is 0.342. The first-order valence-electron chi connectivity index (χ1n) is 12.2. The lowest BCUT2D eigenvalue weighted by molar-refractivity contribution is -0.133. The van der Waals surface area contributed by atoms with E-state index in [0.29, 0.717) is 49.3 Å². The number of carbonyl (C=O) groups excluding carboxylic acids is 2. The van der Waals surface area contributed by atoms with Crippen molar-refractivity contribution < 1.29 is 19.1 Å². The second-order valence-electron chi connectivity index (χ2n) is 9.05. The van der Waals surface area contributed by atoms with Crippen molar-refractivity contribution in [1.29, 1.82) is 0 Å². The molecule has 182 valence electrons. The van der Waals surface area contributed by atoms with Crippen LogP contribution in [0.5, 0.6) is 17.4 Å². The molecule has 3 heterocycles. The number of rotatable bonds is 3. The van der Waals surface area contributed by atoms with E-state index in [9.17, 15) is 9.59 Å². The smallest absolute Gasteiger partial charge is 0.259 e. The number of amides is 2. The largest absolute Gasteiger partial charge is 0.490 e. The average Bonchev–Trinajstić information content (AvgIpc) is 2.86. The molecule has 2 aromatic rings. The number of fused-ring (bicyclic) bond motifs is 2. The van der Waals surface area contributed by atoms with Crippen molar-refractivity contribution in [1.82, 2.24) is 19.7 Å². The van der Waals surface area contributed by atoms with Gasteiger partial charge in [-0.2, -0.15) is 0 Å². The molecule has 1 aromatic carbocycles. The van der Waals surface area contributed by atoms with Crippen LogP contribution in [-0.2, 0) is 4.79 Å². The maximum Gasteiger partial charge on any atom is 0.259 e. The molecule has 8 heteroatoms. The van der Waals surface area contributed by atoms with Gasteiger partial charge in [0, 0.05) is 45.0 Å². The summed E-state index contributed by atoms with van der Waals surface area (Å²) in [7, 11) is 0. The Kier molecular flexibility index (Phi) is 8.00. The molecule has 0 N–H and O–H groups in total. The Bertz CT molecular complexity index is 988. The molecule has 4 rings (SSSR count). The monoisotopic (exact) mass is 466 g/mol. The molecule has 0 radical (unpaired) electrons. The third-order valence-corrected chi connectivity index (χ3v) is 6.40. The number of hydrogen-bond donors (Lipinski definition) is 0. The maximum absolute atomic E-state index is 13.6. The van der Waals surface area contributed by atoms with Gasteiger partial charge in [0.05, 0.1) is 6.61 Å². The minimum Gasteiger partial charge on any atom is -0.490 e. The minimum absolute atomic E-state index is 0.0129. The first-order valence-corrected chi connectivity index (χ1v) is 12.2. The highest BCUT2D eigenvalue weighted by molar-refractivity contribution is 5.98. The molecule has 1 fully saturated rings. The fourth-order valence-electron chi connectivity index (χ4n) is 4.33. The predicted octanol–water partition coefficient (Wildman–Crippen LogP) is 3.43. The van der Waals surface area contributed by atoms with Gasteiger partial charge in [0.1, 0.15) is 12.1 Å². The quantitative estimate of drug-likeness (QED) is 0.690. The van der Waals surface area contributed by atoms with Crippen molar-refractivity contribution in [2.45, 2.75) is 39.2 Å². The van der Waals surface area contributed by atoms with Crippen LogP contribution in [0.15, 0.2) is 42.6 Å². The van der Waals surface area contributed by atoms with Crippen LogP contribution in [0, 0.1) is 0 Å². The van der Waals surface area contributed by atoms with Crippen molar-refractivity contribution in [3.05, 3.63) is 48.2 Å². The lowest BCUT2D eigenvalue weighted by atomic mass is 10.2.